The van der Waals surface area contributed by atoms with Gasteiger partial charge in [-0.05, 0) is 6.92 Å². The van der Waals surface area contributed by atoms with Gasteiger partial charge in [-0.15, -0.1) is 0 Å². The normalized spacial score (nSPS) is 20.2. The molecule has 3 heteroatoms. The molecule has 0 atom stereocenters. The Kier molecular flexibility index (Phi) is 2.36. The highest BCUT2D eigenvalue weighted by Gasteiger charge is 2.19. The van der Waals surface area contributed by atoms with Gasteiger partial charge < -0.3 is 0 Å². The molecule has 0 aromatic carbocycles. The van der Waals surface area contributed by atoms with Gasteiger partial charge in [-0.25, -0.2) is 0 Å². The minimum atomic E-state index is -0.356. The van der Waals surface area contributed by atoms with E-state index in [0.717, 1.165) is 5.57 Å². The van der Waals surface area contributed by atoms with Crippen LogP contribution in [0.1, 0.15) is 20.8 Å². The van der Waals surface area contributed by atoms with Gasteiger partial charge in [-0.3, -0.25) is 10.1 Å². The molecular formula is C10H13NO2. The van der Waals surface area contributed by atoms with Gasteiger partial charge in [-0.1, -0.05) is 31.6 Å². The van der Waals surface area contributed by atoms with E-state index in [-0.39, 0.29) is 16.0 Å². The molecular weight excluding hydrogens is 166 g/mol. The average Bonchev–Trinajstić information content (AvgIpc) is 2.07. The number of hydrogen-bond acceptors (Lipinski definition) is 2. The van der Waals surface area contributed by atoms with Crippen molar-refractivity contribution >= 4 is 0 Å². The first-order chi connectivity index (χ1) is 5.91. The van der Waals surface area contributed by atoms with E-state index in [4.69, 9.17) is 0 Å². The Bertz CT molecular complexity index is 322. The predicted octanol–water partition coefficient (Wildman–Crippen LogP) is 2.69. The fourth-order valence-electron chi connectivity index (χ4n) is 1.44. The number of hydrogen-bond donors (Lipinski definition) is 0. The van der Waals surface area contributed by atoms with E-state index in [1.807, 2.05) is 26.8 Å². The third-order valence-corrected chi connectivity index (χ3v) is 1.85. The van der Waals surface area contributed by atoms with Crippen molar-refractivity contribution in [2.45, 2.75) is 20.8 Å². The summed E-state index contributed by atoms with van der Waals surface area (Å²) >= 11 is 0. The summed E-state index contributed by atoms with van der Waals surface area (Å²) in [7, 11) is 0. The van der Waals surface area contributed by atoms with Crippen LogP contribution in [-0.4, -0.2) is 4.92 Å². The Morgan fingerprint density at radius 2 is 1.92 bits per heavy atom. The Morgan fingerprint density at radius 3 is 2.46 bits per heavy atom. The summed E-state index contributed by atoms with van der Waals surface area (Å²) in [5.74, 6) is 0. The first-order valence-corrected chi connectivity index (χ1v) is 4.15. The monoisotopic (exact) mass is 179 g/mol. The van der Waals surface area contributed by atoms with Gasteiger partial charge in [0, 0.05) is 17.6 Å². The third kappa shape index (κ3) is 2.54. The van der Waals surface area contributed by atoms with E-state index < -0.39 is 0 Å². The van der Waals surface area contributed by atoms with Crippen molar-refractivity contribution in [2.75, 3.05) is 0 Å². The van der Waals surface area contributed by atoms with Gasteiger partial charge in [-0.2, -0.15) is 0 Å². The van der Waals surface area contributed by atoms with Crippen LogP contribution >= 0.6 is 0 Å². The Labute approximate surface area is 77.6 Å². The van der Waals surface area contributed by atoms with Crippen LogP contribution in [-0.2, 0) is 0 Å². The topological polar surface area (TPSA) is 43.1 Å². The van der Waals surface area contributed by atoms with Crippen LogP contribution in [0.4, 0.5) is 0 Å². The zero-order chi connectivity index (χ0) is 10.1. The lowest BCUT2D eigenvalue weighted by molar-refractivity contribution is -0.419. The Balaban J connectivity index is 3.11. The van der Waals surface area contributed by atoms with Crippen LogP contribution < -0.4 is 0 Å². The minimum Gasteiger partial charge on any atom is -0.258 e. The van der Waals surface area contributed by atoms with Gasteiger partial charge in [0.15, 0.2) is 0 Å². The van der Waals surface area contributed by atoms with Crippen LogP contribution in [0.2, 0.25) is 0 Å². The molecule has 13 heavy (non-hydrogen) atoms. The highest BCUT2D eigenvalue weighted by atomic mass is 16.6. The summed E-state index contributed by atoms with van der Waals surface area (Å²) < 4.78 is 0. The lowest BCUT2D eigenvalue weighted by Crippen LogP contribution is -2.06. The molecule has 0 spiro atoms. The highest BCUT2D eigenvalue weighted by Crippen LogP contribution is 2.26. The SMILES string of the molecule is CC1=CC(C)(C)C=C([N+](=O)[O-])C=C1. The number of nitrogens with zero attached hydrogens (tertiary/aromatic N) is 1. The molecule has 0 aliphatic heterocycles. The van der Waals surface area contributed by atoms with E-state index in [2.05, 4.69) is 0 Å². The predicted molar refractivity (Wildman–Crippen MR) is 51.8 cm³/mol. The largest absolute Gasteiger partial charge is 0.266 e. The van der Waals surface area contributed by atoms with Crippen molar-refractivity contribution in [3.05, 3.63) is 45.7 Å². The van der Waals surface area contributed by atoms with Crippen LogP contribution in [0, 0.1) is 15.5 Å². The molecule has 0 aromatic heterocycles. The van der Waals surface area contributed by atoms with Crippen molar-refractivity contribution in [1.29, 1.82) is 0 Å². The zero-order valence-corrected chi connectivity index (χ0v) is 8.07. The van der Waals surface area contributed by atoms with Crippen molar-refractivity contribution in [1.82, 2.24) is 0 Å². The van der Waals surface area contributed by atoms with E-state index in [1.54, 1.807) is 18.2 Å². The summed E-state index contributed by atoms with van der Waals surface area (Å²) in [4.78, 5) is 10.2. The van der Waals surface area contributed by atoms with Crippen LogP contribution in [0.15, 0.2) is 35.6 Å². The first kappa shape index (κ1) is 9.71. The van der Waals surface area contributed by atoms with Gasteiger partial charge in [0.2, 0.25) is 0 Å². The molecule has 0 saturated heterocycles. The summed E-state index contributed by atoms with van der Waals surface area (Å²) in [6.45, 7) is 5.84. The quantitative estimate of drug-likeness (QED) is 0.458. The molecule has 0 saturated carbocycles. The lowest BCUT2D eigenvalue weighted by Gasteiger charge is -2.13. The molecule has 70 valence electrons. The molecule has 1 rings (SSSR count). The Morgan fingerprint density at radius 1 is 1.31 bits per heavy atom. The van der Waals surface area contributed by atoms with Crippen LogP contribution in [0.3, 0.4) is 0 Å². The summed E-state index contributed by atoms with van der Waals surface area (Å²) in [6, 6.07) is 0. The summed E-state index contributed by atoms with van der Waals surface area (Å²) in [5.41, 5.74) is 0.979. The molecule has 0 bridgehead atoms. The molecule has 0 unspecified atom stereocenters. The van der Waals surface area contributed by atoms with Crippen LogP contribution in [0.5, 0.6) is 0 Å². The van der Waals surface area contributed by atoms with E-state index in [9.17, 15) is 10.1 Å². The molecule has 1 aliphatic rings. The van der Waals surface area contributed by atoms with Crippen molar-refractivity contribution in [3.63, 3.8) is 0 Å². The third-order valence-electron chi connectivity index (χ3n) is 1.85. The fourth-order valence-corrected chi connectivity index (χ4v) is 1.44. The van der Waals surface area contributed by atoms with Gasteiger partial charge in [0.1, 0.15) is 0 Å². The zero-order valence-electron chi connectivity index (χ0n) is 8.07. The lowest BCUT2D eigenvalue weighted by atomic mass is 9.91. The number of rotatable bonds is 1. The summed E-state index contributed by atoms with van der Waals surface area (Å²) in [5, 5.41) is 10.6. The standard InChI is InChI=1S/C10H13NO2/c1-8-4-5-9(11(12)13)7-10(2,3)6-8/h4-7H,1-3H3. The first-order valence-electron chi connectivity index (χ1n) is 4.15. The maximum atomic E-state index is 10.6. The molecule has 0 amide bonds. The molecule has 0 aromatic rings. The highest BCUT2D eigenvalue weighted by molar-refractivity contribution is 5.31. The molecule has 0 radical (unpaired) electrons. The number of nitro groups is 1. The van der Waals surface area contributed by atoms with Gasteiger partial charge in [0.25, 0.3) is 5.70 Å². The second-order valence-electron chi connectivity index (χ2n) is 3.87. The van der Waals surface area contributed by atoms with Crippen LogP contribution in [0.25, 0.3) is 0 Å². The summed E-state index contributed by atoms with van der Waals surface area (Å²) in [6.07, 6.45) is 6.99. The smallest absolute Gasteiger partial charge is 0.258 e. The minimum absolute atomic E-state index is 0.165. The molecule has 0 heterocycles. The van der Waals surface area contributed by atoms with Crippen molar-refractivity contribution in [2.24, 2.45) is 5.41 Å². The second kappa shape index (κ2) is 3.17. The maximum Gasteiger partial charge on any atom is 0.266 e. The Hall–Kier alpha value is -1.38. The molecule has 1 aliphatic carbocycles. The van der Waals surface area contributed by atoms with E-state index in [1.165, 1.54) is 0 Å². The molecule has 0 fully saturated rings. The van der Waals surface area contributed by atoms with E-state index >= 15 is 0 Å². The van der Waals surface area contributed by atoms with E-state index in [0.29, 0.717) is 0 Å². The fraction of sp³-hybridized carbons (Fsp3) is 0.400. The van der Waals surface area contributed by atoms with Gasteiger partial charge >= 0.3 is 0 Å². The molecule has 0 N–H and O–H groups in total. The van der Waals surface area contributed by atoms with Gasteiger partial charge in [0.05, 0.1) is 4.92 Å². The van der Waals surface area contributed by atoms with Crippen molar-refractivity contribution in [3.8, 4) is 0 Å². The second-order valence-corrected chi connectivity index (χ2v) is 3.87. The molecule has 3 nitrogen and oxygen atoms in total. The maximum absolute atomic E-state index is 10.6. The average molecular weight is 179 g/mol. The number of allylic oxidation sites excluding steroid dienone is 5. The van der Waals surface area contributed by atoms with Crippen molar-refractivity contribution < 1.29 is 4.92 Å².